The minimum atomic E-state index is -2.32. The van der Waals surface area contributed by atoms with Gasteiger partial charge >= 0.3 is 11.4 Å². The minimum absolute atomic E-state index is 0.176. The first-order valence-electron chi connectivity index (χ1n) is 3.75. The van der Waals surface area contributed by atoms with Crippen molar-refractivity contribution in [1.82, 2.24) is 0 Å². The van der Waals surface area contributed by atoms with E-state index in [4.69, 9.17) is 4.55 Å². The van der Waals surface area contributed by atoms with Crippen LogP contribution in [-0.4, -0.2) is 14.7 Å². The van der Waals surface area contributed by atoms with Crippen molar-refractivity contribution in [2.45, 2.75) is 6.92 Å². The lowest BCUT2D eigenvalue weighted by atomic mass is 10.3. The number of anilines is 1. The summed E-state index contributed by atoms with van der Waals surface area (Å²) in [6.45, 7) is 1.40. The lowest BCUT2D eigenvalue weighted by Gasteiger charge is -2.03. The number of carbonyl (C=O) groups is 1. The number of carbonyl (C=O) groups excluding carboxylic acids is 1. The van der Waals surface area contributed by atoms with Gasteiger partial charge in [-0.1, -0.05) is 0 Å². The second-order valence-corrected chi connectivity index (χ2v) is 3.11. The van der Waals surface area contributed by atoms with E-state index in [1.54, 1.807) is 12.1 Å². The first-order valence-corrected chi connectivity index (χ1v) is 4.78. The molecule has 1 atom stereocenters. The predicted molar refractivity (Wildman–Crippen MR) is 52.1 cm³/mol. The van der Waals surface area contributed by atoms with Crippen molar-refractivity contribution in [3.8, 4) is 5.75 Å². The Morgan fingerprint density at radius 2 is 2.00 bits per heavy atom. The van der Waals surface area contributed by atoms with Crippen LogP contribution in [0.2, 0.25) is 0 Å². The zero-order valence-electron chi connectivity index (χ0n) is 7.39. The summed E-state index contributed by atoms with van der Waals surface area (Å²) in [5, 5.41) is 2.55. The number of amides is 1. The molecule has 1 amide bonds. The summed E-state index contributed by atoms with van der Waals surface area (Å²) >= 11 is -2.32. The Bertz CT molecular complexity index is 314. The topological polar surface area (TPSA) is 75.6 Å². The molecule has 0 aliphatic carbocycles. The van der Waals surface area contributed by atoms with Gasteiger partial charge < -0.3 is 9.50 Å². The van der Waals surface area contributed by atoms with Gasteiger partial charge in [0.1, 0.15) is 5.75 Å². The number of nitrogens with one attached hydrogen (secondary N) is 1. The Kier molecular flexibility index (Phi) is 3.61. The molecule has 0 aliphatic heterocycles. The second-order valence-electron chi connectivity index (χ2n) is 2.51. The Hall–Kier alpha value is -1.40. The highest BCUT2D eigenvalue weighted by Gasteiger charge is 1.99. The van der Waals surface area contributed by atoms with Gasteiger partial charge in [-0.2, -0.15) is 4.21 Å². The molecule has 0 saturated carbocycles. The third-order valence-electron chi connectivity index (χ3n) is 1.34. The van der Waals surface area contributed by atoms with E-state index in [-0.39, 0.29) is 11.7 Å². The van der Waals surface area contributed by atoms with Gasteiger partial charge in [0.15, 0.2) is 0 Å². The van der Waals surface area contributed by atoms with E-state index in [2.05, 4.69) is 9.50 Å². The lowest BCUT2D eigenvalue weighted by Crippen LogP contribution is -2.05. The zero-order valence-corrected chi connectivity index (χ0v) is 8.21. The standard InChI is InChI=1S/C8H9NO4S/c1-6(10)9-7-2-4-8(5-3-7)13-14(11)12/h2-5H,1H3,(H,9,10)(H,11,12). The molecule has 0 bridgehead atoms. The Morgan fingerprint density at radius 3 is 2.43 bits per heavy atom. The zero-order chi connectivity index (χ0) is 10.6. The smallest absolute Gasteiger partial charge is 0.357 e. The summed E-state index contributed by atoms with van der Waals surface area (Å²) in [5.41, 5.74) is 0.605. The van der Waals surface area contributed by atoms with Gasteiger partial charge in [0, 0.05) is 12.6 Å². The fraction of sp³-hybridized carbons (Fsp3) is 0.125. The molecule has 0 aromatic heterocycles. The number of hydrogen-bond acceptors (Lipinski definition) is 3. The fourth-order valence-corrected chi connectivity index (χ4v) is 1.16. The van der Waals surface area contributed by atoms with Crippen molar-refractivity contribution in [3.05, 3.63) is 24.3 Å². The molecule has 5 nitrogen and oxygen atoms in total. The maximum absolute atomic E-state index is 10.6. The van der Waals surface area contributed by atoms with Crippen molar-refractivity contribution < 1.29 is 17.7 Å². The molecule has 1 aromatic carbocycles. The van der Waals surface area contributed by atoms with Crippen molar-refractivity contribution >= 4 is 23.0 Å². The Balaban J connectivity index is 2.68. The van der Waals surface area contributed by atoms with Gasteiger partial charge in [-0.3, -0.25) is 9.35 Å². The third kappa shape index (κ3) is 3.55. The highest BCUT2D eigenvalue weighted by molar-refractivity contribution is 7.74. The molecular formula is C8H9NO4S. The molecule has 0 aliphatic rings. The van der Waals surface area contributed by atoms with Crippen LogP contribution in [0, 0.1) is 0 Å². The summed E-state index contributed by atoms with van der Waals surface area (Å²) in [5.74, 6) is 0.0874. The van der Waals surface area contributed by atoms with Crippen LogP contribution >= 0.6 is 0 Å². The Labute approximate surface area is 83.6 Å². The molecule has 0 spiro atoms. The predicted octanol–water partition coefficient (Wildman–Crippen LogP) is 1.16. The molecule has 0 fully saturated rings. The molecule has 1 rings (SSSR count). The van der Waals surface area contributed by atoms with Crippen LogP contribution in [0.3, 0.4) is 0 Å². The van der Waals surface area contributed by atoms with Crippen LogP contribution in [0.5, 0.6) is 5.75 Å². The number of benzene rings is 1. The van der Waals surface area contributed by atoms with Gasteiger partial charge in [0.25, 0.3) is 0 Å². The lowest BCUT2D eigenvalue weighted by molar-refractivity contribution is -0.114. The highest BCUT2D eigenvalue weighted by atomic mass is 32.2. The number of rotatable bonds is 3. The van der Waals surface area contributed by atoms with Crippen molar-refractivity contribution in [1.29, 1.82) is 0 Å². The Morgan fingerprint density at radius 1 is 1.43 bits per heavy atom. The monoisotopic (exact) mass is 215 g/mol. The normalized spacial score (nSPS) is 11.9. The van der Waals surface area contributed by atoms with Crippen LogP contribution in [-0.2, 0) is 16.2 Å². The minimum Gasteiger partial charge on any atom is -0.380 e. The molecule has 2 N–H and O–H groups in total. The first kappa shape index (κ1) is 10.7. The van der Waals surface area contributed by atoms with Crippen LogP contribution in [0.15, 0.2) is 24.3 Å². The van der Waals surface area contributed by atoms with Crippen LogP contribution in [0.1, 0.15) is 6.92 Å². The van der Waals surface area contributed by atoms with Crippen molar-refractivity contribution in [2.75, 3.05) is 5.32 Å². The number of hydrogen-bond donors (Lipinski definition) is 2. The molecule has 1 unspecified atom stereocenters. The molecule has 0 radical (unpaired) electrons. The highest BCUT2D eigenvalue weighted by Crippen LogP contribution is 2.15. The SMILES string of the molecule is CC(=O)Nc1ccc(OS(=O)O)cc1. The van der Waals surface area contributed by atoms with Crippen LogP contribution < -0.4 is 9.50 Å². The average Bonchev–Trinajstić information content (AvgIpc) is 2.06. The summed E-state index contributed by atoms with van der Waals surface area (Å²) < 4.78 is 23.1. The maximum Gasteiger partial charge on any atom is 0.357 e. The summed E-state index contributed by atoms with van der Waals surface area (Å²) in [6, 6.07) is 6.12. The molecule has 76 valence electrons. The molecule has 1 aromatic rings. The van der Waals surface area contributed by atoms with Gasteiger partial charge in [-0.05, 0) is 24.3 Å². The third-order valence-corrected chi connectivity index (χ3v) is 1.68. The average molecular weight is 215 g/mol. The molecule has 6 heteroatoms. The van der Waals surface area contributed by atoms with Crippen molar-refractivity contribution in [3.63, 3.8) is 0 Å². The summed E-state index contributed by atoms with van der Waals surface area (Å²) in [7, 11) is 0. The molecular weight excluding hydrogens is 206 g/mol. The molecule has 14 heavy (non-hydrogen) atoms. The molecule has 0 saturated heterocycles. The maximum atomic E-state index is 10.6. The van der Waals surface area contributed by atoms with E-state index in [0.29, 0.717) is 5.69 Å². The fourth-order valence-electron chi connectivity index (χ4n) is 0.879. The van der Waals surface area contributed by atoms with Gasteiger partial charge in [-0.25, -0.2) is 0 Å². The van der Waals surface area contributed by atoms with E-state index in [9.17, 15) is 9.00 Å². The van der Waals surface area contributed by atoms with E-state index < -0.39 is 11.4 Å². The van der Waals surface area contributed by atoms with Gasteiger partial charge in [0.05, 0.1) is 0 Å². The first-order chi connectivity index (χ1) is 6.58. The van der Waals surface area contributed by atoms with E-state index >= 15 is 0 Å². The van der Waals surface area contributed by atoms with Crippen molar-refractivity contribution in [2.24, 2.45) is 0 Å². The largest absolute Gasteiger partial charge is 0.380 e. The van der Waals surface area contributed by atoms with Crippen LogP contribution in [0.25, 0.3) is 0 Å². The molecule has 0 heterocycles. The van der Waals surface area contributed by atoms with Gasteiger partial charge in [0.2, 0.25) is 5.91 Å². The van der Waals surface area contributed by atoms with E-state index in [1.807, 2.05) is 0 Å². The van der Waals surface area contributed by atoms with Crippen LogP contribution in [0.4, 0.5) is 5.69 Å². The van der Waals surface area contributed by atoms with E-state index in [0.717, 1.165) is 0 Å². The summed E-state index contributed by atoms with van der Waals surface area (Å²) in [6.07, 6.45) is 0. The van der Waals surface area contributed by atoms with Gasteiger partial charge in [-0.15, -0.1) is 0 Å². The van der Waals surface area contributed by atoms with E-state index in [1.165, 1.54) is 19.1 Å². The summed E-state index contributed by atoms with van der Waals surface area (Å²) in [4.78, 5) is 10.6. The quantitative estimate of drug-likeness (QED) is 0.742. The second kappa shape index (κ2) is 4.73.